The van der Waals surface area contributed by atoms with E-state index in [-0.39, 0.29) is 5.91 Å². The summed E-state index contributed by atoms with van der Waals surface area (Å²) in [6.07, 6.45) is 0. The first kappa shape index (κ1) is 10.7. The summed E-state index contributed by atoms with van der Waals surface area (Å²) in [4.78, 5) is 16.3. The van der Waals surface area contributed by atoms with Gasteiger partial charge in [-0.2, -0.15) is 5.10 Å². The van der Waals surface area contributed by atoms with Gasteiger partial charge in [0, 0.05) is 6.54 Å². The molecule has 5 heteroatoms. The first-order valence-electron chi connectivity index (χ1n) is 4.65. The zero-order valence-corrected chi connectivity index (χ0v) is 8.70. The molecule has 0 aromatic carbocycles. The summed E-state index contributed by atoms with van der Waals surface area (Å²) in [5, 5.41) is 4.16. The summed E-state index contributed by atoms with van der Waals surface area (Å²) in [6.45, 7) is 6.71. The molecule has 0 aliphatic rings. The first-order valence-corrected chi connectivity index (χ1v) is 4.65. The Bertz CT molecular complexity index is 320. The third-order valence-corrected chi connectivity index (χ3v) is 1.74. The van der Waals surface area contributed by atoms with Gasteiger partial charge in [0.15, 0.2) is 0 Å². The maximum atomic E-state index is 11.5. The van der Waals surface area contributed by atoms with Gasteiger partial charge in [-0.3, -0.25) is 14.3 Å². The van der Waals surface area contributed by atoms with Gasteiger partial charge in [-0.1, -0.05) is 0 Å². The molecule has 0 saturated carbocycles. The van der Waals surface area contributed by atoms with Crippen LogP contribution in [0.2, 0.25) is 0 Å². The van der Waals surface area contributed by atoms with Gasteiger partial charge in [0.2, 0.25) is 0 Å². The molecule has 0 fully saturated rings. The van der Waals surface area contributed by atoms with Gasteiger partial charge < -0.3 is 0 Å². The van der Waals surface area contributed by atoms with Crippen LogP contribution in [0.15, 0.2) is 6.07 Å². The van der Waals surface area contributed by atoms with E-state index >= 15 is 0 Å². The van der Waals surface area contributed by atoms with Crippen LogP contribution in [0.3, 0.4) is 0 Å². The number of rotatable bonds is 4. The summed E-state index contributed by atoms with van der Waals surface area (Å²) in [6, 6.07) is 1.73. The number of amides is 1. The van der Waals surface area contributed by atoms with Crippen molar-refractivity contribution in [3.05, 3.63) is 17.5 Å². The topological polar surface area (TPSA) is 56.1 Å². The molecule has 0 saturated heterocycles. The summed E-state index contributed by atoms with van der Waals surface area (Å²) in [5.74, 6) is -0.255. The number of hydrogen-bond donors (Lipinski definition) is 1. The summed E-state index contributed by atoms with van der Waals surface area (Å²) >= 11 is 0. The van der Waals surface area contributed by atoms with E-state index in [4.69, 9.17) is 4.84 Å². The lowest BCUT2D eigenvalue weighted by Gasteiger charge is -2.04. The average molecular weight is 197 g/mol. The molecule has 0 bridgehead atoms. The van der Waals surface area contributed by atoms with Gasteiger partial charge in [-0.05, 0) is 26.8 Å². The van der Waals surface area contributed by atoms with Crippen molar-refractivity contribution in [3.63, 3.8) is 0 Å². The van der Waals surface area contributed by atoms with E-state index in [1.807, 2.05) is 20.8 Å². The number of aryl methyl sites for hydroxylation is 2. The predicted molar refractivity (Wildman–Crippen MR) is 51.7 cm³/mol. The van der Waals surface area contributed by atoms with Crippen LogP contribution in [0.4, 0.5) is 0 Å². The van der Waals surface area contributed by atoms with Gasteiger partial charge in [0.1, 0.15) is 5.69 Å². The molecular formula is C9H15N3O2. The highest BCUT2D eigenvalue weighted by atomic mass is 16.6. The van der Waals surface area contributed by atoms with E-state index in [1.165, 1.54) is 0 Å². The van der Waals surface area contributed by atoms with E-state index in [2.05, 4.69) is 10.6 Å². The molecule has 1 aromatic heterocycles. The Morgan fingerprint density at radius 1 is 1.64 bits per heavy atom. The molecule has 14 heavy (non-hydrogen) atoms. The van der Waals surface area contributed by atoms with Gasteiger partial charge in [-0.15, -0.1) is 0 Å². The average Bonchev–Trinajstić information content (AvgIpc) is 2.56. The van der Waals surface area contributed by atoms with Crippen LogP contribution in [0.5, 0.6) is 0 Å². The number of aromatic nitrogens is 2. The molecular weight excluding hydrogens is 182 g/mol. The molecule has 0 atom stereocenters. The maximum absolute atomic E-state index is 11.5. The minimum Gasteiger partial charge on any atom is -0.274 e. The van der Waals surface area contributed by atoms with Gasteiger partial charge in [0.25, 0.3) is 5.91 Å². The second-order valence-electron chi connectivity index (χ2n) is 2.85. The number of nitrogens with one attached hydrogen (secondary N) is 1. The van der Waals surface area contributed by atoms with Crippen molar-refractivity contribution in [1.82, 2.24) is 15.3 Å². The Hall–Kier alpha value is -1.36. The molecule has 5 nitrogen and oxygen atoms in total. The summed E-state index contributed by atoms with van der Waals surface area (Å²) in [7, 11) is 0. The molecule has 1 rings (SSSR count). The van der Waals surface area contributed by atoms with E-state index in [0.29, 0.717) is 18.8 Å². The molecule has 1 N–H and O–H groups in total. The third-order valence-electron chi connectivity index (χ3n) is 1.74. The molecule has 0 aliphatic heterocycles. The summed E-state index contributed by atoms with van der Waals surface area (Å²) in [5.41, 5.74) is 3.69. The number of hydroxylamine groups is 1. The molecule has 1 heterocycles. The van der Waals surface area contributed by atoms with E-state index in [9.17, 15) is 4.79 Å². The molecule has 78 valence electrons. The molecule has 0 aliphatic carbocycles. The minimum absolute atomic E-state index is 0.255. The quantitative estimate of drug-likeness (QED) is 0.729. The SMILES string of the molecule is CCONC(=O)c1cc(C)nn1CC. The normalized spacial score (nSPS) is 10.2. The van der Waals surface area contributed by atoms with Gasteiger partial charge >= 0.3 is 0 Å². The van der Waals surface area contributed by atoms with Crippen LogP contribution in [-0.2, 0) is 11.4 Å². The highest BCUT2D eigenvalue weighted by Gasteiger charge is 2.12. The second-order valence-corrected chi connectivity index (χ2v) is 2.85. The van der Waals surface area contributed by atoms with Crippen LogP contribution >= 0.6 is 0 Å². The van der Waals surface area contributed by atoms with E-state index in [0.717, 1.165) is 5.69 Å². The number of nitrogens with zero attached hydrogens (tertiary/aromatic N) is 2. The van der Waals surface area contributed by atoms with Crippen LogP contribution in [0.1, 0.15) is 30.0 Å². The smallest absolute Gasteiger partial charge is 0.274 e. The lowest BCUT2D eigenvalue weighted by molar-refractivity contribution is 0.0355. The largest absolute Gasteiger partial charge is 0.293 e. The van der Waals surface area contributed by atoms with Gasteiger partial charge in [-0.25, -0.2) is 5.48 Å². The highest BCUT2D eigenvalue weighted by molar-refractivity contribution is 5.91. The highest BCUT2D eigenvalue weighted by Crippen LogP contribution is 2.03. The lowest BCUT2D eigenvalue weighted by atomic mass is 10.3. The predicted octanol–water partition coefficient (Wildman–Crippen LogP) is 0.893. The molecule has 1 amide bonds. The van der Waals surface area contributed by atoms with Crippen LogP contribution in [-0.4, -0.2) is 22.3 Å². The van der Waals surface area contributed by atoms with Crippen LogP contribution in [0.25, 0.3) is 0 Å². The Morgan fingerprint density at radius 2 is 2.36 bits per heavy atom. The number of hydrogen-bond acceptors (Lipinski definition) is 3. The Kier molecular flexibility index (Phi) is 3.64. The van der Waals surface area contributed by atoms with Crippen molar-refractivity contribution < 1.29 is 9.63 Å². The number of carbonyl (C=O) groups excluding carboxylic acids is 1. The van der Waals surface area contributed by atoms with Crippen molar-refractivity contribution in [2.45, 2.75) is 27.3 Å². The molecule has 1 aromatic rings. The fraction of sp³-hybridized carbons (Fsp3) is 0.556. The minimum atomic E-state index is -0.255. The zero-order valence-electron chi connectivity index (χ0n) is 8.70. The van der Waals surface area contributed by atoms with Crippen molar-refractivity contribution in [2.24, 2.45) is 0 Å². The van der Waals surface area contributed by atoms with Crippen molar-refractivity contribution in [3.8, 4) is 0 Å². The Morgan fingerprint density at radius 3 is 2.93 bits per heavy atom. The fourth-order valence-electron chi connectivity index (χ4n) is 1.16. The Balaban J connectivity index is 2.77. The van der Waals surface area contributed by atoms with E-state index < -0.39 is 0 Å². The zero-order chi connectivity index (χ0) is 10.6. The maximum Gasteiger partial charge on any atom is 0.293 e. The summed E-state index contributed by atoms with van der Waals surface area (Å²) < 4.78 is 1.64. The number of carbonyl (C=O) groups is 1. The van der Waals surface area contributed by atoms with Crippen molar-refractivity contribution >= 4 is 5.91 Å². The van der Waals surface area contributed by atoms with Gasteiger partial charge in [0.05, 0.1) is 12.3 Å². The Labute approximate surface area is 83.0 Å². The van der Waals surface area contributed by atoms with Crippen LogP contribution < -0.4 is 5.48 Å². The lowest BCUT2D eigenvalue weighted by Crippen LogP contribution is -2.26. The van der Waals surface area contributed by atoms with Crippen molar-refractivity contribution in [1.29, 1.82) is 0 Å². The van der Waals surface area contributed by atoms with Crippen LogP contribution in [0, 0.1) is 6.92 Å². The fourth-order valence-corrected chi connectivity index (χ4v) is 1.16. The first-order chi connectivity index (χ1) is 6.69. The van der Waals surface area contributed by atoms with Crippen molar-refractivity contribution in [2.75, 3.05) is 6.61 Å². The van der Waals surface area contributed by atoms with E-state index in [1.54, 1.807) is 10.7 Å². The molecule has 0 spiro atoms. The third kappa shape index (κ3) is 2.32. The molecule has 0 unspecified atom stereocenters. The molecule has 0 radical (unpaired) electrons. The monoisotopic (exact) mass is 197 g/mol. The second kappa shape index (κ2) is 4.76. The standard InChI is InChI=1S/C9H15N3O2/c1-4-12-8(6-7(3)10-12)9(13)11-14-5-2/h6H,4-5H2,1-3H3,(H,11,13).